The first kappa shape index (κ1) is 10.2. The summed E-state index contributed by atoms with van der Waals surface area (Å²) in [6.07, 6.45) is 5.17. The third-order valence-corrected chi connectivity index (χ3v) is 3.07. The van der Waals surface area contributed by atoms with Crippen LogP contribution in [0.3, 0.4) is 0 Å². The Labute approximate surface area is 98.8 Å². The van der Waals surface area contributed by atoms with Gasteiger partial charge in [0.1, 0.15) is 5.82 Å². The molecule has 0 saturated carbocycles. The number of fused-ring (bicyclic) bond motifs is 1. The second-order valence-corrected chi connectivity index (χ2v) is 4.29. The molecular weight excluding hydrogens is 214 g/mol. The molecular formula is C13H13N3O. The molecule has 0 aromatic carbocycles. The average Bonchev–Trinajstić information content (AvgIpc) is 2.79. The summed E-state index contributed by atoms with van der Waals surface area (Å²) in [6.45, 7) is 0. The Kier molecular flexibility index (Phi) is 2.48. The average molecular weight is 227 g/mol. The smallest absolute Gasteiger partial charge is 0.254 e. The van der Waals surface area contributed by atoms with Gasteiger partial charge in [-0.2, -0.15) is 0 Å². The highest BCUT2D eigenvalue weighted by molar-refractivity contribution is 5.23. The van der Waals surface area contributed by atoms with E-state index in [9.17, 15) is 4.79 Å². The number of nitrogens with one attached hydrogen (secondary N) is 1. The van der Waals surface area contributed by atoms with E-state index in [1.807, 2.05) is 18.2 Å². The largest absolute Gasteiger partial charge is 0.310 e. The topological polar surface area (TPSA) is 58.6 Å². The van der Waals surface area contributed by atoms with Crippen LogP contribution < -0.4 is 5.56 Å². The SMILES string of the molecule is O=c1[nH]c(Cc2ccccn2)nc2c1CCC2. The van der Waals surface area contributed by atoms with Crippen LogP contribution in [0.15, 0.2) is 29.2 Å². The van der Waals surface area contributed by atoms with E-state index >= 15 is 0 Å². The number of H-pyrrole nitrogens is 1. The fourth-order valence-electron chi connectivity index (χ4n) is 2.25. The summed E-state index contributed by atoms with van der Waals surface area (Å²) in [5, 5.41) is 0. The van der Waals surface area contributed by atoms with Crippen molar-refractivity contribution in [3.05, 3.63) is 57.5 Å². The van der Waals surface area contributed by atoms with Gasteiger partial charge in [-0.3, -0.25) is 9.78 Å². The number of hydrogen-bond acceptors (Lipinski definition) is 3. The molecule has 0 saturated heterocycles. The van der Waals surface area contributed by atoms with Crippen molar-refractivity contribution < 1.29 is 0 Å². The highest BCUT2D eigenvalue weighted by Gasteiger charge is 2.17. The van der Waals surface area contributed by atoms with Crippen LogP contribution in [0.4, 0.5) is 0 Å². The molecule has 0 radical (unpaired) electrons. The third kappa shape index (κ3) is 1.98. The van der Waals surface area contributed by atoms with Gasteiger partial charge >= 0.3 is 0 Å². The van der Waals surface area contributed by atoms with Crippen LogP contribution in [0, 0.1) is 0 Å². The molecule has 0 amide bonds. The predicted octanol–water partition coefficient (Wildman–Crippen LogP) is 1.24. The summed E-state index contributed by atoms with van der Waals surface area (Å²) in [5.41, 5.74) is 2.79. The number of aromatic nitrogens is 3. The van der Waals surface area contributed by atoms with E-state index in [4.69, 9.17) is 0 Å². The number of hydrogen-bond donors (Lipinski definition) is 1. The zero-order valence-electron chi connectivity index (χ0n) is 9.44. The standard InChI is InChI=1S/C13H13N3O/c17-13-10-5-3-6-11(10)15-12(16-13)8-9-4-1-2-7-14-9/h1-2,4,7H,3,5-6,8H2,(H,15,16,17). The molecule has 1 aliphatic rings. The fraction of sp³-hybridized carbons (Fsp3) is 0.308. The van der Waals surface area contributed by atoms with Gasteiger partial charge in [-0.05, 0) is 31.4 Å². The molecule has 2 aromatic heterocycles. The van der Waals surface area contributed by atoms with Gasteiger partial charge in [0, 0.05) is 23.9 Å². The van der Waals surface area contributed by atoms with Crippen LogP contribution in [-0.2, 0) is 19.3 Å². The Hall–Kier alpha value is -1.97. The lowest BCUT2D eigenvalue weighted by Crippen LogP contribution is -2.17. The van der Waals surface area contributed by atoms with Crippen LogP contribution in [-0.4, -0.2) is 15.0 Å². The van der Waals surface area contributed by atoms with Gasteiger partial charge in [0.2, 0.25) is 0 Å². The fourth-order valence-corrected chi connectivity index (χ4v) is 2.25. The quantitative estimate of drug-likeness (QED) is 0.839. The van der Waals surface area contributed by atoms with Gasteiger partial charge in [-0.1, -0.05) is 6.07 Å². The summed E-state index contributed by atoms with van der Waals surface area (Å²) in [7, 11) is 0. The summed E-state index contributed by atoms with van der Waals surface area (Å²) in [4.78, 5) is 23.4. The lowest BCUT2D eigenvalue weighted by Gasteiger charge is -2.03. The second kappa shape index (κ2) is 4.13. The van der Waals surface area contributed by atoms with Crippen molar-refractivity contribution in [1.29, 1.82) is 0 Å². The number of rotatable bonds is 2. The highest BCUT2D eigenvalue weighted by Crippen LogP contribution is 2.16. The summed E-state index contributed by atoms with van der Waals surface area (Å²) >= 11 is 0. The summed E-state index contributed by atoms with van der Waals surface area (Å²) < 4.78 is 0. The predicted molar refractivity (Wildman–Crippen MR) is 63.9 cm³/mol. The Balaban J connectivity index is 1.95. The Morgan fingerprint density at radius 1 is 1.29 bits per heavy atom. The Morgan fingerprint density at radius 2 is 2.24 bits per heavy atom. The molecule has 4 heteroatoms. The zero-order chi connectivity index (χ0) is 11.7. The van der Waals surface area contributed by atoms with Crippen molar-refractivity contribution in [2.45, 2.75) is 25.7 Å². The number of pyridine rings is 1. The van der Waals surface area contributed by atoms with Crippen LogP contribution in [0.1, 0.15) is 29.2 Å². The highest BCUT2D eigenvalue weighted by atomic mass is 16.1. The van der Waals surface area contributed by atoms with E-state index in [1.165, 1.54) is 0 Å². The van der Waals surface area contributed by atoms with Crippen LogP contribution in [0.25, 0.3) is 0 Å². The van der Waals surface area contributed by atoms with Gasteiger partial charge in [0.15, 0.2) is 0 Å². The Bertz CT molecular complexity index is 589. The lowest BCUT2D eigenvalue weighted by atomic mass is 10.2. The first-order valence-corrected chi connectivity index (χ1v) is 5.84. The van der Waals surface area contributed by atoms with E-state index in [2.05, 4.69) is 15.0 Å². The number of aromatic amines is 1. The zero-order valence-corrected chi connectivity index (χ0v) is 9.44. The maximum absolute atomic E-state index is 11.8. The molecule has 0 unspecified atom stereocenters. The van der Waals surface area contributed by atoms with Gasteiger partial charge in [-0.25, -0.2) is 4.98 Å². The van der Waals surface area contributed by atoms with E-state index in [0.29, 0.717) is 12.2 Å². The molecule has 0 atom stereocenters. The van der Waals surface area contributed by atoms with Crippen LogP contribution in [0.2, 0.25) is 0 Å². The molecule has 86 valence electrons. The molecule has 0 aliphatic heterocycles. The van der Waals surface area contributed by atoms with Crippen molar-refractivity contribution in [3.8, 4) is 0 Å². The molecule has 17 heavy (non-hydrogen) atoms. The van der Waals surface area contributed by atoms with E-state index in [0.717, 1.165) is 36.2 Å². The normalized spacial score (nSPS) is 13.6. The second-order valence-electron chi connectivity index (χ2n) is 4.29. The molecule has 0 bridgehead atoms. The first-order chi connectivity index (χ1) is 8.33. The maximum Gasteiger partial charge on any atom is 0.254 e. The van der Waals surface area contributed by atoms with E-state index in [-0.39, 0.29) is 5.56 Å². The van der Waals surface area contributed by atoms with Crippen molar-refractivity contribution in [1.82, 2.24) is 15.0 Å². The molecule has 4 nitrogen and oxygen atoms in total. The third-order valence-electron chi connectivity index (χ3n) is 3.07. The summed E-state index contributed by atoms with van der Waals surface area (Å²) in [5.74, 6) is 0.717. The van der Waals surface area contributed by atoms with Crippen molar-refractivity contribution in [3.63, 3.8) is 0 Å². The lowest BCUT2D eigenvalue weighted by molar-refractivity contribution is 0.873. The molecule has 3 rings (SSSR count). The monoisotopic (exact) mass is 227 g/mol. The summed E-state index contributed by atoms with van der Waals surface area (Å²) in [6, 6.07) is 5.75. The maximum atomic E-state index is 11.8. The minimum atomic E-state index is 0.0263. The van der Waals surface area contributed by atoms with Gasteiger partial charge in [-0.15, -0.1) is 0 Å². The van der Waals surface area contributed by atoms with Gasteiger partial charge < -0.3 is 4.98 Å². The van der Waals surface area contributed by atoms with E-state index in [1.54, 1.807) is 6.20 Å². The molecule has 0 spiro atoms. The molecule has 1 N–H and O–H groups in total. The van der Waals surface area contributed by atoms with Gasteiger partial charge in [0.05, 0.1) is 5.69 Å². The molecule has 2 aromatic rings. The van der Waals surface area contributed by atoms with Crippen molar-refractivity contribution >= 4 is 0 Å². The minimum Gasteiger partial charge on any atom is -0.310 e. The molecule has 2 heterocycles. The van der Waals surface area contributed by atoms with Crippen LogP contribution in [0.5, 0.6) is 0 Å². The molecule has 1 aliphatic carbocycles. The first-order valence-electron chi connectivity index (χ1n) is 5.84. The molecule has 0 fully saturated rings. The number of aryl methyl sites for hydroxylation is 1. The van der Waals surface area contributed by atoms with Gasteiger partial charge in [0.25, 0.3) is 5.56 Å². The van der Waals surface area contributed by atoms with Crippen molar-refractivity contribution in [2.24, 2.45) is 0 Å². The van der Waals surface area contributed by atoms with E-state index < -0.39 is 0 Å². The minimum absolute atomic E-state index is 0.0263. The number of nitrogens with zero attached hydrogens (tertiary/aromatic N) is 2. The van der Waals surface area contributed by atoms with Crippen LogP contribution >= 0.6 is 0 Å². The van der Waals surface area contributed by atoms with Crippen molar-refractivity contribution in [2.75, 3.05) is 0 Å². The Morgan fingerprint density at radius 3 is 3.06 bits per heavy atom.